The van der Waals surface area contributed by atoms with Crippen molar-refractivity contribution in [3.63, 3.8) is 0 Å². The average molecular weight is 290 g/mol. The Balaban J connectivity index is 2.03. The Kier molecular flexibility index (Phi) is 9.55. The maximum absolute atomic E-state index is 11.9. The van der Waals surface area contributed by atoms with E-state index in [1.165, 1.54) is 44.9 Å². The Bertz CT molecular complexity index is 378. The summed E-state index contributed by atoms with van der Waals surface area (Å²) in [7, 11) is 0. The predicted octanol–water partition coefficient (Wildman–Crippen LogP) is 3.94. The van der Waals surface area contributed by atoms with E-state index in [2.05, 4.69) is 12.2 Å². The van der Waals surface area contributed by atoms with Crippen LogP contribution >= 0.6 is 0 Å². The third kappa shape index (κ3) is 7.86. The van der Waals surface area contributed by atoms with Crippen LogP contribution in [0.5, 0.6) is 0 Å². The topological polar surface area (TPSA) is 55.1 Å². The lowest BCUT2D eigenvalue weighted by atomic mass is 10.1. The van der Waals surface area contributed by atoms with Crippen molar-refractivity contribution in [1.29, 1.82) is 0 Å². The van der Waals surface area contributed by atoms with Gasteiger partial charge in [0.05, 0.1) is 0 Å². The SMILES string of the molecule is CCCCCCCCCCNC(=O)C(N)c1ccccc1. The van der Waals surface area contributed by atoms with Crippen LogP contribution in [0.2, 0.25) is 0 Å². The third-order valence-corrected chi connectivity index (χ3v) is 3.77. The minimum absolute atomic E-state index is 0.0795. The number of nitrogens with one attached hydrogen (secondary N) is 1. The van der Waals surface area contributed by atoms with Crippen molar-refractivity contribution in [2.45, 2.75) is 64.3 Å². The fourth-order valence-electron chi connectivity index (χ4n) is 2.39. The molecule has 0 spiro atoms. The Hall–Kier alpha value is -1.35. The molecular weight excluding hydrogens is 260 g/mol. The Morgan fingerprint density at radius 1 is 1.00 bits per heavy atom. The first kappa shape index (κ1) is 17.7. The zero-order chi connectivity index (χ0) is 15.3. The summed E-state index contributed by atoms with van der Waals surface area (Å²) in [6.45, 7) is 2.97. The van der Waals surface area contributed by atoms with Gasteiger partial charge in [-0.25, -0.2) is 0 Å². The Labute approximate surface area is 129 Å². The lowest BCUT2D eigenvalue weighted by Gasteiger charge is -2.12. The van der Waals surface area contributed by atoms with Crippen LogP contribution in [0.15, 0.2) is 30.3 Å². The van der Waals surface area contributed by atoms with Gasteiger partial charge in [-0.3, -0.25) is 4.79 Å². The van der Waals surface area contributed by atoms with Gasteiger partial charge in [-0.15, -0.1) is 0 Å². The zero-order valence-corrected chi connectivity index (χ0v) is 13.3. The van der Waals surface area contributed by atoms with E-state index in [-0.39, 0.29) is 5.91 Å². The Morgan fingerprint density at radius 2 is 1.57 bits per heavy atom. The molecule has 0 bridgehead atoms. The third-order valence-electron chi connectivity index (χ3n) is 3.77. The van der Waals surface area contributed by atoms with Crippen molar-refractivity contribution in [3.8, 4) is 0 Å². The molecular formula is C18H30N2O. The van der Waals surface area contributed by atoms with Gasteiger partial charge in [0, 0.05) is 6.54 Å². The van der Waals surface area contributed by atoms with Crippen LogP contribution in [0.1, 0.15) is 69.9 Å². The number of nitrogens with two attached hydrogens (primary N) is 1. The molecule has 1 rings (SSSR count). The quantitative estimate of drug-likeness (QED) is 0.606. The Morgan fingerprint density at radius 3 is 2.19 bits per heavy atom. The van der Waals surface area contributed by atoms with E-state index >= 15 is 0 Å². The molecule has 0 radical (unpaired) electrons. The highest BCUT2D eigenvalue weighted by Gasteiger charge is 2.14. The lowest BCUT2D eigenvalue weighted by molar-refractivity contribution is -0.122. The maximum atomic E-state index is 11.9. The van der Waals surface area contributed by atoms with Crippen LogP contribution in [0.4, 0.5) is 0 Å². The van der Waals surface area contributed by atoms with Crippen molar-refractivity contribution in [2.75, 3.05) is 6.54 Å². The highest BCUT2D eigenvalue weighted by atomic mass is 16.2. The van der Waals surface area contributed by atoms with E-state index in [9.17, 15) is 4.79 Å². The van der Waals surface area contributed by atoms with E-state index in [1.54, 1.807) is 0 Å². The van der Waals surface area contributed by atoms with Crippen molar-refractivity contribution in [1.82, 2.24) is 5.32 Å². The predicted molar refractivity (Wildman–Crippen MR) is 89.0 cm³/mol. The first-order valence-corrected chi connectivity index (χ1v) is 8.34. The molecule has 0 fully saturated rings. The molecule has 1 aromatic rings. The van der Waals surface area contributed by atoms with Gasteiger partial charge in [0.15, 0.2) is 0 Å². The minimum atomic E-state index is -0.555. The van der Waals surface area contributed by atoms with Gasteiger partial charge in [0.1, 0.15) is 6.04 Å². The van der Waals surface area contributed by atoms with Gasteiger partial charge in [-0.05, 0) is 12.0 Å². The first-order valence-electron chi connectivity index (χ1n) is 8.34. The fraction of sp³-hybridized carbons (Fsp3) is 0.611. The van der Waals surface area contributed by atoms with Crippen LogP contribution in [0.3, 0.4) is 0 Å². The summed E-state index contributed by atoms with van der Waals surface area (Å²) in [6.07, 6.45) is 10.2. The van der Waals surface area contributed by atoms with E-state index in [0.717, 1.165) is 18.5 Å². The molecule has 3 nitrogen and oxygen atoms in total. The molecule has 21 heavy (non-hydrogen) atoms. The molecule has 0 aliphatic heterocycles. The first-order chi connectivity index (χ1) is 10.3. The second kappa shape index (κ2) is 11.3. The van der Waals surface area contributed by atoms with E-state index in [4.69, 9.17) is 5.73 Å². The van der Waals surface area contributed by atoms with Crippen LogP contribution in [0, 0.1) is 0 Å². The highest BCUT2D eigenvalue weighted by Crippen LogP contribution is 2.10. The van der Waals surface area contributed by atoms with Crippen molar-refractivity contribution < 1.29 is 4.79 Å². The molecule has 1 aromatic carbocycles. The maximum Gasteiger partial charge on any atom is 0.241 e. The molecule has 1 unspecified atom stereocenters. The summed E-state index contributed by atoms with van der Waals surface area (Å²) in [5.41, 5.74) is 6.80. The number of carbonyl (C=O) groups excluding carboxylic acids is 1. The number of benzene rings is 1. The molecule has 118 valence electrons. The number of unbranched alkanes of at least 4 members (excludes halogenated alkanes) is 7. The number of carbonyl (C=O) groups is 1. The number of rotatable bonds is 11. The van der Waals surface area contributed by atoms with E-state index in [0.29, 0.717) is 0 Å². The van der Waals surface area contributed by atoms with Gasteiger partial charge < -0.3 is 11.1 Å². The normalized spacial score (nSPS) is 12.1. The van der Waals surface area contributed by atoms with E-state index < -0.39 is 6.04 Å². The largest absolute Gasteiger partial charge is 0.354 e. The van der Waals surface area contributed by atoms with Gasteiger partial charge in [-0.1, -0.05) is 82.2 Å². The number of hydrogen-bond acceptors (Lipinski definition) is 2. The van der Waals surface area contributed by atoms with Crippen molar-refractivity contribution >= 4 is 5.91 Å². The van der Waals surface area contributed by atoms with Gasteiger partial charge >= 0.3 is 0 Å². The summed E-state index contributed by atoms with van der Waals surface area (Å²) in [4.78, 5) is 11.9. The summed E-state index contributed by atoms with van der Waals surface area (Å²) < 4.78 is 0. The average Bonchev–Trinajstić information content (AvgIpc) is 2.53. The molecule has 1 amide bonds. The van der Waals surface area contributed by atoms with Gasteiger partial charge in [0.2, 0.25) is 5.91 Å². The molecule has 0 saturated heterocycles. The second-order valence-electron chi connectivity index (χ2n) is 5.65. The summed E-state index contributed by atoms with van der Waals surface area (Å²) in [5, 5.41) is 2.93. The smallest absolute Gasteiger partial charge is 0.241 e. The van der Waals surface area contributed by atoms with Crippen molar-refractivity contribution in [3.05, 3.63) is 35.9 Å². The lowest BCUT2D eigenvalue weighted by Crippen LogP contribution is -2.34. The van der Waals surface area contributed by atoms with Gasteiger partial charge in [0.25, 0.3) is 0 Å². The summed E-state index contributed by atoms with van der Waals surface area (Å²) in [5.74, 6) is -0.0795. The van der Waals surface area contributed by atoms with Crippen LogP contribution < -0.4 is 11.1 Å². The molecule has 3 heteroatoms. The number of amides is 1. The fourth-order valence-corrected chi connectivity index (χ4v) is 2.39. The zero-order valence-electron chi connectivity index (χ0n) is 13.3. The van der Waals surface area contributed by atoms with Crippen LogP contribution in [-0.4, -0.2) is 12.5 Å². The highest BCUT2D eigenvalue weighted by molar-refractivity contribution is 5.82. The second-order valence-corrected chi connectivity index (χ2v) is 5.65. The molecule has 1 atom stereocenters. The minimum Gasteiger partial charge on any atom is -0.354 e. The molecule has 0 saturated carbocycles. The molecule has 0 aliphatic rings. The van der Waals surface area contributed by atoms with Crippen LogP contribution in [0.25, 0.3) is 0 Å². The molecule has 3 N–H and O–H groups in total. The summed E-state index contributed by atoms with van der Waals surface area (Å²) in [6, 6.07) is 8.96. The van der Waals surface area contributed by atoms with Gasteiger partial charge in [-0.2, -0.15) is 0 Å². The van der Waals surface area contributed by atoms with Crippen LogP contribution in [-0.2, 0) is 4.79 Å². The molecule has 0 aliphatic carbocycles. The number of hydrogen-bond donors (Lipinski definition) is 2. The molecule has 0 heterocycles. The molecule has 0 aromatic heterocycles. The standard InChI is InChI=1S/C18H30N2O/c1-2-3-4-5-6-7-8-12-15-20-18(21)17(19)16-13-10-9-11-14-16/h9-11,13-14,17H,2-8,12,15,19H2,1H3,(H,20,21). The van der Waals surface area contributed by atoms with Crippen molar-refractivity contribution in [2.24, 2.45) is 5.73 Å². The summed E-state index contributed by atoms with van der Waals surface area (Å²) >= 11 is 0. The monoisotopic (exact) mass is 290 g/mol. The van der Waals surface area contributed by atoms with E-state index in [1.807, 2.05) is 30.3 Å².